The molecular weight excluding hydrogens is 791 g/mol. The number of nitrogens with one attached hydrogen (secondary N) is 2. The van der Waals surface area contributed by atoms with Crippen LogP contribution in [0.1, 0.15) is 125 Å². The van der Waals surface area contributed by atoms with Crippen molar-refractivity contribution in [2.75, 3.05) is 34.9 Å². The number of amides is 5. The molecule has 3 rings (SSSR count). The van der Waals surface area contributed by atoms with Crippen molar-refractivity contribution >= 4 is 29.7 Å². The lowest BCUT2D eigenvalue weighted by molar-refractivity contribution is -0.148. The molecule has 0 spiro atoms. The molecule has 1 aromatic carbocycles. The van der Waals surface area contributed by atoms with Crippen LogP contribution in [0.5, 0.6) is 0 Å². The van der Waals surface area contributed by atoms with Gasteiger partial charge in [-0.3, -0.25) is 24.1 Å². The van der Waals surface area contributed by atoms with Gasteiger partial charge in [0.1, 0.15) is 12.1 Å². The second-order valence-electron chi connectivity index (χ2n) is 18.1. The predicted octanol–water partition coefficient (Wildman–Crippen LogP) is 5.71. The van der Waals surface area contributed by atoms with E-state index in [0.29, 0.717) is 31.4 Å². The van der Waals surface area contributed by atoms with Crippen LogP contribution < -0.4 is 10.6 Å². The van der Waals surface area contributed by atoms with E-state index in [1.165, 1.54) is 19.1 Å². The highest BCUT2D eigenvalue weighted by molar-refractivity contribution is 5.92. The van der Waals surface area contributed by atoms with Crippen LogP contribution >= 0.6 is 0 Å². The standard InChI is InChI=1S/C48H77N5O9/c1-13-32(6)42(51(9)47(58)40(30(2)3)50-46(57)41(31(4)5)52(10)48(59)62-36-25-20-15-14-16-21-26-36)38(60-11)29-39(54)53-28-22-27-37(53)44(61-12)33(7)45(56)49-34(8)43(55)35-23-18-17-19-24-35/h17-19,23-24,30-34,36-38,40-44,55H,13-16,20,22,25,27-29H2,1-12H3,(H,49,56)(H,50,57)/t32-,33+,34+,36?,37-,38+,40-,41-,42-,43+,44+/m0/s1. The van der Waals surface area contributed by atoms with Crippen molar-refractivity contribution in [3.05, 3.63) is 35.9 Å². The monoisotopic (exact) mass is 868 g/mol. The number of methoxy groups -OCH3 is 2. The molecule has 14 nitrogen and oxygen atoms in total. The molecule has 14 heteroatoms. The van der Waals surface area contributed by atoms with Crippen LogP contribution in [0.4, 0.5) is 4.79 Å². The number of likely N-dealkylation sites (N-methyl/N-ethyl adjacent to an activating group) is 2. The number of aliphatic hydroxyl groups is 1. The zero-order chi connectivity index (χ0) is 46.3. The molecule has 0 aromatic heterocycles. The normalized spacial score (nSPS) is 21.0. The first-order valence-electron chi connectivity index (χ1n) is 22.8. The number of hydrogen-bond acceptors (Lipinski definition) is 9. The van der Waals surface area contributed by atoms with Crippen LogP contribution in [-0.2, 0) is 33.4 Å². The van der Waals surface area contributed by atoms with Crippen molar-refractivity contribution in [1.29, 1.82) is 0 Å². The highest BCUT2D eigenvalue weighted by atomic mass is 16.6. The Hall–Kier alpha value is -4.19. The summed E-state index contributed by atoms with van der Waals surface area (Å²) in [5.74, 6) is 3.51. The van der Waals surface area contributed by atoms with Crippen molar-refractivity contribution in [1.82, 2.24) is 25.3 Å². The fraction of sp³-hybridized carbons (Fsp3) is 0.729. The highest BCUT2D eigenvalue weighted by Gasteiger charge is 2.44. The number of hydrogen-bond donors (Lipinski definition) is 3. The molecule has 1 aromatic rings. The van der Waals surface area contributed by atoms with Gasteiger partial charge in [0.2, 0.25) is 23.6 Å². The summed E-state index contributed by atoms with van der Waals surface area (Å²) >= 11 is 0. The minimum atomic E-state index is -0.941. The molecule has 1 saturated heterocycles. The Morgan fingerprint density at radius 3 is 2.13 bits per heavy atom. The number of aliphatic hydroxyl groups excluding tert-OH is 1. The molecule has 1 fully saturated rings. The maximum absolute atomic E-state index is 14.6. The maximum Gasteiger partial charge on any atom is 0.411 e. The molecular formula is C48H77N5O9. The molecule has 1 aliphatic heterocycles. The Bertz CT molecular complexity index is 1660. The Morgan fingerprint density at radius 2 is 1.53 bits per heavy atom. The number of nitrogens with zero attached hydrogens (tertiary/aromatic N) is 3. The van der Waals surface area contributed by atoms with Crippen molar-refractivity contribution in [3.8, 4) is 11.8 Å². The van der Waals surface area contributed by atoms with E-state index in [9.17, 15) is 29.1 Å². The first-order chi connectivity index (χ1) is 29.4. The van der Waals surface area contributed by atoms with Gasteiger partial charge in [-0.05, 0) is 62.3 Å². The van der Waals surface area contributed by atoms with Crippen molar-refractivity contribution in [2.45, 2.75) is 168 Å². The van der Waals surface area contributed by atoms with Crippen LogP contribution in [0.2, 0.25) is 0 Å². The average molecular weight is 868 g/mol. The van der Waals surface area contributed by atoms with Crippen molar-refractivity contribution in [2.24, 2.45) is 23.7 Å². The Balaban J connectivity index is 1.76. The van der Waals surface area contributed by atoms with Gasteiger partial charge < -0.3 is 39.8 Å². The molecule has 1 heterocycles. The predicted molar refractivity (Wildman–Crippen MR) is 239 cm³/mol. The summed E-state index contributed by atoms with van der Waals surface area (Å²) in [5.41, 5.74) is 0.696. The lowest BCUT2D eigenvalue weighted by Gasteiger charge is -2.41. The summed E-state index contributed by atoms with van der Waals surface area (Å²) in [6.45, 7) is 15.4. The molecule has 3 N–H and O–H groups in total. The molecule has 0 saturated carbocycles. The van der Waals surface area contributed by atoms with Crippen molar-refractivity contribution < 1.29 is 43.3 Å². The maximum atomic E-state index is 14.6. The molecule has 1 unspecified atom stereocenters. The molecule has 5 amide bonds. The van der Waals surface area contributed by atoms with Crippen molar-refractivity contribution in [3.63, 3.8) is 0 Å². The van der Waals surface area contributed by atoms with E-state index in [1.807, 2.05) is 71.9 Å². The van der Waals surface area contributed by atoms with E-state index in [0.717, 1.165) is 32.1 Å². The first kappa shape index (κ1) is 52.2. The number of carbonyl (C=O) groups excluding carboxylic acids is 5. The van der Waals surface area contributed by atoms with Gasteiger partial charge in [-0.15, -0.1) is 0 Å². The van der Waals surface area contributed by atoms with Gasteiger partial charge in [0.15, 0.2) is 6.10 Å². The zero-order valence-corrected chi connectivity index (χ0v) is 39.5. The fourth-order valence-corrected chi connectivity index (χ4v) is 8.96. The number of carbonyl (C=O) groups is 5. The SMILES string of the molecule is CC[C@H](C)[C@@H]([C@@H](CC(=O)N1CCC[C@H]1[C@H](OC)[C@@H](C)C(=O)N[C@H](C)[C@@H](O)c1ccccc1)OC)N(C)C(=O)[C@@H](NC(=O)[C@H](C(C)C)N(C)C(=O)OC1C#CCCCCC1)C(C)C. The summed E-state index contributed by atoms with van der Waals surface area (Å²) in [6.07, 6.45) is 2.99. The molecule has 0 bridgehead atoms. The highest BCUT2D eigenvalue weighted by Crippen LogP contribution is 2.30. The largest absolute Gasteiger partial charge is 0.433 e. The lowest BCUT2D eigenvalue weighted by Crippen LogP contribution is -2.60. The van der Waals surface area contributed by atoms with E-state index in [2.05, 4.69) is 22.5 Å². The minimum Gasteiger partial charge on any atom is -0.433 e. The zero-order valence-electron chi connectivity index (χ0n) is 39.5. The molecule has 2 aliphatic rings. The van der Waals surface area contributed by atoms with Crippen LogP contribution in [0.25, 0.3) is 0 Å². The number of rotatable bonds is 21. The topological polar surface area (TPSA) is 167 Å². The van der Waals surface area contributed by atoms with Gasteiger partial charge in [-0.2, -0.15) is 0 Å². The second-order valence-corrected chi connectivity index (χ2v) is 18.1. The summed E-state index contributed by atoms with van der Waals surface area (Å²) < 4.78 is 17.7. The van der Waals surface area contributed by atoms with Gasteiger partial charge in [-0.25, -0.2) is 4.79 Å². The Labute approximate surface area is 371 Å². The summed E-state index contributed by atoms with van der Waals surface area (Å²) in [7, 11) is 6.30. The van der Waals surface area contributed by atoms with E-state index in [1.54, 1.807) is 37.8 Å². The second kappa shape index (κ2) is 25.2. The molecule has 11 atom stereocenters. The van der Waals surface area contributed by atoms with Crippen LogP contribution in [0, 0.1) is 35.5 Å². The van der Waals surface area contributed by atoms with Crippen LogP contribution in [0.3, 0.4) is 0 Å². The minimum absolute atomic E-state index is 0.0245. The van der Waals surface area contributed by atoms with Crippen LogP contribution in [-0.4, -0.2) is 133 Å². The average Bonchev–Trinajstić information content (AvgIpc) is 3.72. The molecule has 62 heavy (non-hydrogen) atoms. The first-order valence-corrected chi connectivity index (χ1v) is 22.8. The summed E-state index contributed by atoms with van der Waals surface area (Å²) in [6, 6.07) is 5.81. The summed E-state index contributed by atoms with van der Waals surface area (Å²) in [5, 5.41) is 16.8. The van der Waals surface area contributed by atoms with Crippen LogP contribution in [0.15, 0.2) is 30.3 Å². The fourth-order valence-electron chi connectivity index (χ4n) is 8.96. The van der Waals surface area contributed by atoms with Gasteiger partial charge in [0.05, 0.1) is 48.8 Å². The number of benzene rings is 1. The van der Waals surface area contributed by atoms with E-state index in [4.69, 9.17) is 14.2 Å². The Kier molecular flexibility index (Phi) is 21.2. The van der Waals surface area contributed by atoms with E-state index < -0.39 is 66.5 Å². The van der Waals surface area contributed by atoms with E-state index >= 15 is 0 Å². The van der Waals surface area contributed by atoms with Gasteiger partial charge in [-0.1, -0.05) is 103 Å². The van der Waals surface area contributed by atoms with Gasteiger partial charge in [0, 0.05) is 41.3 Å². The third-order valence-corrected chi connectivity index (χ3v) is 12.9. The Morgan fingerprint density at radius 1 is 0.855 bits per heavy atom. The molecule has 1 aliphatic carbocycles. The third kappa shape index (κ3) is 13.9. The number of likely N-dealkylation sites (tertiary alicyclic amines) is 1. The van der Waals surface area contributed by atoms with Gasteiger partial charge >= 0.3 is 6.09 Å². The lowest BCUT2D eigenvalue weighted by atomic mass is 9.89. The number of ether oxygens (including phenoxy) is 3. The molecule has 348 valence electrons. The quantitative estimate of drug-likeness (QED) is 0.131. The van der Waals surface area contributed by atoms with E-state index in [-0.39, 0.29) is 47.9 Å². The smallest absolute Gasteiger partial charge is 0.411 e. The van der Waals surface area contributed by atoms with Gasteiger partial charge in [0.25, 0.3) is 0 Å². The third-order valence-electron chi connectivity index (χ3n) is 12.9. The molecule has 0 radical (unpaired) electrons. The summed E-state index contributed by atoms with van der Waals surface area (Å²) in [4.78, 5) is 74.5.